The monoisotopic (exact) mass is 457 g/mol. The summed E-state index contributed by atoms with van der Waals surface area (Å²) in [7, 11) is 0. The summed E-state index contributed by atoms with van der Waals surface area (Å²) in [5.41, 5.74) is 3.29. The minimum Gasteiger partial charge on any atom is -0.609 e. The molecule has 1 spiro atoms. The number of pyridine rings is 1. The van der Waals surface area contributed by atoms with E-state index in [-0.39, 0.29) is 11.7 Å². The number of para-hydroxylation sites is 2. The van der Waals surface area contributed by atoms with E-state index in [9.17, 15) is 4.55 Å². The van der Waals surface area contributed by atoms with E-state index in [4.69, 9.17) is 18.9 Å². The maximum absolute atomic E-state index is 12.9. The zero-order chi connectivity index (χ0) is 22.0. The third-order valence-corrected chi connectivity index (χ3v) is 7.16. The highest BCUT2D eigenvalue weighted by molar-refractivity contribution is 7.90. The molecule has 2 aliphatic rings. The lowest BCUT2D eigenvalue weighted by atomic mass is 10.0. The molecule has 3 aromatic rings. The number of aromatic nitrogens is 3. The summed E-state index contributed by atoms with van der Waals surface area (Å²) in [5.74, 6) is 0.685. The molecule has 5 rings (SSSR count). The second-order valence-corrected chi connectivity index (χ2v) is 9.62. The van der Waals surface area contributed by atoms with Gasteiger partial charge in [0, 0.05) is 41.7 Å². The number of rotatable bonds is 6. The number of aromatic amines is 1. The Labute approximate surface area is 189 Å². The van der Waals surface area contributed by atoms with Crippen molar-refractivity contribution in [1.82, 2.24) is 15.0 Å². The molecule has 0 aliphatic carbocycles. The van der Waals surface area contributed by atoms with Crippen LogP contribution in [0, 0.1) is 12.8 Å². The number of imidazole rings is 1. The highest BCUT2D eigenvalue weighted by atomic mass is 32.2. The lowest BCUT2D eigenvalue weighted by molar-refractivity contribution is -0.308. The largest absolute Gasteiger partial charge is 0.609 e. The fourth-order valence-electron chi connectivity index (χ4n) is 3.99. The molecule has 0 saturated carbocycles. The molecule has 2 aliphatic heterocycles. The molecule has 9 heteroatoms. The van der Waals surface area contributed by atoms with Gasteiger partial charge in [-0.2, -0.15) is 4.98 Å². The van der Waals surface area contributed by atoms with E-state index in [1.165, 1.54) is 0 Å². The normalized spacial score (nSPS) is 19.9. The van der Waals surface area contributed by atoms with Crippen molar-refractivity contribution in [3.63, 3.8) is 0 Å². The first-order chi connectivity index (χ1) is 15.6. The van der Waals surface area contributed by atoms with Gasteiger partial charge >= 0.3 is 5.16 Å². The molecule has 0 radical (unpaired) electrons. The fourth-order valence-corrected chi connectivity index (χ4v) is 5.09. The first-order valence-corrected chi connectivity index (χ1v) is 12.2. The Kier molecular flexibility index (Phi) is 6.34. The molecular formula is C23H27N3O5S. The van der Waals surface area contributed by atoms with Crippen molar-refractivity contribution in [2.75, 3.05) is 33.0 Å². The van der Waals surface area contributed by atoms with Crippen LogP contribution in [-0.4, -0.2) is 58.3 Å². The molecule has 1 atom stereocenters. The standard InChI is InChI=1S/C23H27N3O5S/c1-16-20(15-32(27)22-25-18-4-2-3-5-19(18)26-22)24-9-6-21(16)29-12-17-13-30-23(31-14-17)7-10-28-11-8-23/h2-6,9,17H,7-8,10-15H2,1H3,(H,25,26). The summed E-state index contributed by atoms with van der Waals surface area (Å²) >= 11 is -1.34. The van der Waals surface area contributed by atoms with Gasteiger partial charge in [-0.3, -0.25) is 9.97 Å². The van der Waals surface area contributed by atoms with Crippen molar-refractivity contribution < 1.29 is 23.5 Å². The molecule has 2 fully saturated rings. The highest BCUT2D eigenvalue weighted by Crippen LogP contribution is 2.32. The molecule has 4 heterocycles. The fraction of sp³-hybridized carbons (Fsp3) is 0.478. The molecule has 0 amide bonds. The minimum atomic E-state index is -1.34. The summed E-state index contributed by atoms with van der Waals surface area (Å²) in [5, 5.41) is 0.456. The number of benzene rings is 1. The first-order valence-electron chi connectivity index (χ1n) is 10.9. The van der Waals surface area contributed by atoms with Crippen LogP contribution in [0.1, 0.15) is 24.1 Å². The molecule has 2 aromatic heterocycles. The van der Waals surface area contributed by atoms with Crippen LogP contribution >= 0.6 is 0 Å². The molecule has 170 valence electrons. The topological polar surface area (TPSA) is 102 Å². The van der Waals surface area contributed by atoms with Crippen LogP contribution in [0.15, 0.2) is 41.7 Å². The summed E-state index contributed by atoms with van der Waals surface area (Å²) in [6.45, 7) is 4.99. The lowest BCUT2D eigenvalue weighted by Gasteiger charge is -2.42. The van der Waals surface area contributed by atoms with Gasteiger partial charge in [0.15, 0.2) is 11.5 Å². The molecule has 0 bridgehead atoms. The Bertz CT molecular complexity index is 1030. The number of nitrogens with zero attached hydrogens (tertiary/aromatic N) is 2. The maximum atomic E-state index is 12.9. The third kappa shape index (κ3) is 4.62. The molecule has 1 N–H and O–H groups in total. The van der Waals surface area contributed by atoms with Gasteiger partial charge in [-0.1, -0.05) is 12.1 Å². The number of fused-ring (bicyclic) bond motifs is 1. The van der Waals surface area contributed by atoms with Crippen molar-refractivity contribution >= 4 is 22.2 Å². The number of nitrogens with one attached hydrogen (secondary N) is 1. The molecule has 8 nitrogen and oxygen atoms in total. The minimum absolute atomic E-state index is 0.157. The van der Waals surface area contributed by atoms with Crippen molar-refractivity contribution in [3.05, 3.63) is 47.8 Å². The Hall–Kier alpha value is -2.17. The van der Waals surface area contributed by atoms with E-state index in [1.807, 2.05) is 37.3 Å². The Morgan fingerprint density at radius 3 is 2.75 bits per heavy atom. The van der Waals surface area contributed by atoms with E-state index in [0.717, 1.165) is 40.9 Å². The Balaban J connectivity index is 1.19. The summed E-state index contributed by atoms with van der Waals surface area (Å²) in [4.78, 5) is 12.0. The third-order valence-electron chi connectivity index (χ3n) is 6.00. The molecule has 32 heavy (non-hydrogen) atoms. The van der Waals surface area contributed by atoms with Crippen LogP contribution in [-0.2, 0) is 31.1 Å². The quantitative estimate of drug-likeness (QED) is 0.568. The van der Waals surface area contributed by atoms with Gasteiger partial charge in [0.2, 0.25) is 0 Å². The number of hydrogen-bond acceptors (Lipinski definition) is 7. The van der Waals surface area contributed by atoms with Gasteiger partial charge in [-0.05, 0) is 25.1 Å². The summed E-state index contributed by atoms with van der Waals surface area (Å²) in [6, 6.07) is 9.49. The van der Waals surface area contributed by atoms with E-state index < -0.39 is 17.0 Å². The van der Waals surface area contributed by atoms with E-state index in [0.29, 0.717) is 38.2 Å². The summed E-state index contributed by atoms with van der Waals surface area (Å²) < 4.78 is 36.5. The van der Waals surface area contributed by atoms with Crippen LogP contribution in [0.5, 0.6) is 5.75 Å². The Morgan fingerprint density at radius 1 is 1.19 bits per heavy atom. The van der Waals surface area contributed by atoms with Crippen molar-refractivity contribution in [1.29, 1.82) is 0 Å². The predicted octanol–water partition coefficient (Wildman–Crippen LogP) is 3.12. The highest BCUT2D eigenvalue weighted by Gasteiger charge is 2.39. The Morgan fingerprint density at radius 2 is 1.97 bits per heavy atom. The van der Waals surface area contributed by atoms with Crippen LogP contribution in [0.3, 0.4) is 0 Å². The predicted molar refractivity (Wildman–Crippen MR) is 119 cm³/mol. The molecule has 1 unspecified atom stereocenters. The van der Waals surface area contributed by atoms with Crippen molar-refractivity contribution in [2.24, 2.45) is 5.92 Å². The number of H-pyrrole nitrogens is 1. The van der Waals surface area contributed by atoms with Crippen LogP contribution in [0.4, 0.5) is 0 Å². The van der Waals surface area contributed by atoms with Gasteiger partial charge in [0.05, 0.1) is 49.8 Å². The first kappa shape index (κ1) is 21.7. The van der Waals surface area contributed by atoms with Crippen LogP contribution < -0.4 is 4.74 Å². The van der Waals surface area contributed by atoms with Gasteiger partial charge in [0.25, 0.3) is 0 Å². The van der Waals surface area contributed by atoms with Crippen molar-refractivity contribution in [2.45, 2.75) is 36.5 Å². The van der Waals surface area contributed by atoms with E-state index >= 15 is 0 Å². The van der Waals surface area contributed by atoms with Crippen LogP contribution in [0.2, 0.25) is 0 Å². The van der Waals surface area contributed by atoms with Gasteiger partial charge in [-0.25, -0.2) is 0 Å². The average molecular weight is 458 g/mol. The van der Waals surface area contributed by atoms with E-state index in [2.05, 4.69) is 15.0 Å². The SMILES string of the molecule is Cc1c(OCC2COC3(CCOCC3)OC2)ccnc1C[S+]([O-])c1nc2ccccc2[nH]1. The maximum Gasteiger partial charge on any atom is 0.322 e. The number of ether oxygens (including phenoxy) is 4. The summed E-state index contributed by atoms with van der Waals surface area (Å²) in [6.07, 6.45) is 3.24. The number of hydrogen-bond donors (Lipinski definition) is 1. The van der Waals surface area contributed by atoms with Crippen LogP contribution in [0.25, 0.3) is 11.0 Å². The molecule has 1 aromatic carbocycles. The zero-order valence-electron chi connectivity index (χ0n) is 18.0. The van der Waals surface area contributed by atoms with Crippen molar-refractivity contribution in [3.8, 4) is 5.75 Å². The second-order valence-electron chi connectivity index (χ2n) is 8.25. The average Bonchev–Trinajstić information content (AvgIpc) is 3.26. The molecular weight excluding hydrogens is 430 g/mol. The van der Waals surface area contributed by atoms with Gasteiger partial charge < -0.3 is 23.5 Å². The van der Waals surface area contributed by atoms with E-state index in [1.54, 1.807) is 6.20 Å². The second kappa shape index (κ2) is 9.36. The van der Waals surface area contributed by atoms with Gasteiger partial charge in [0.1, 0.15) is 5.75 Å². The molecule has 2 saturated heterocycles. The lowest BCUT2D eigenvalue weighted by Crippen LogP contribution is -2.48. The van der Waals surface area contributed by atoms with Gasteiger partial charge in [-0.15, -0.1) is 0 Å². The smallest absolute Gasteiger partial charge is 0.322 e. The zero-order valence-corrected chi connectivity index (χ0v) is 18.9.